The first-order valence-corrected chi connectivity index (χ1v) is 19.9. The van der Waals surface area contributed by atoms with Crippen LogP contribution in [0.1, 0.15) is 104 Å². The molecule has 46 heavy (non-hydrogen) atoms. The van der Waals surface area contributed by atoms with E-state index in [0.717, 1.165) is 25.7 Å². The molecule has 0 heterocycles. The van der Waals surface area contributed by atoms with Gasteiger partial charge in [0.1, 0.15) is 0 Å². The Bertz CT molecular complexity index is 1900. The van der Waals surface area contributed by atoms with Crippen LogP contribution in [0.3, 0.4) is 0 Å². The van der Waals surface area contributed by atoms with Crippen LogP contribution in [0.25, 0.3) is 8.85 Å². The third-order valence-electron chi connectivity index (χ3n) is 10.7. The topological polar surface area (TPSA) is 0 Å². The summed E-state index contributed by atoms with van der Waals surface area (Å²) in [5, 5.41) is 3.05. The van der Waals surface area contributed by atoms with Gasteiger partial charge >= 0.3 is 291 Å². The summed E-state index contributed by atoms with van der Waals surface area (Å²) in [6.07, 6.45) is 14.1. The Morgan fingerprint density at radius 2 is 1.43 bits per heavy atom. The number of aryl methyl sites for hydroxylation is 1. The van der Waals surface area contributed by atoms with Crippen LogP contribution in [0.15, 0.2) is 119 Å². The van der Waals surface area contributed by atoms with E-state index in [1.807, 2.05) is 0 Å². The molecule has 3 aliphatic carbocycles. The first kappa shape index (κ1) is 33.0. The third-order valence-corrected chi connectivity index (χ3v) is 14.7. The molecular formula is C45H51Zr. The molecule has 0 amide bonds. The van der Waals surface area contributed by atoms with Crippen molar-refractivity contribution in [3.05, 3.63) is 152 Å². The van der Waals surface area contributed by atoms with Gasteiger partial charge in [-0.2, -0.15) is 0 Å². The molecule has 0 nitrogen and oxygen atoms in total. The molecule has 0 saturated heterocycles. The predicted molar refractivity (Wildman–Crippen MR) is 196 cm³/mol. The van der Waals surface area contributed by atoms with Crippen LogP contribution in [0, 0.1) is 10.8 Å². The first-order chi connectivity index (χ1) is 22.0. The van der Waals surface area contributed by atoms with Crippen LogP contribution in [0.4, 0.5) is 0 Å². The van der Waals surface area contributed by atoms with Crippen LogP contribution < -0.4 is 10.4 Å². The Balaban J connectivity index is 1.88. The zero-order chi connectivity index (χ0) is 32.9. The maximum atomic E-state index is 2.68. The summed E-state index contributed by atoms with van der Waals surface area (Å²) in [7, 11) is 0. The fourth-order valence-electron chi connectivity index (χ4n) is 8.44. The van der Waals surface area contributed by atoms with E-state index in [4.69, 9.17) is 0 Å². The molecule has 3 aromatic rings. The second-order valence-corrected chi connectivity index (χ2v) is 18.4. The molecule has 0 bridgehead atoms. The zero-order valence-electron chi connectivity index (χ0n) is 29.6. The summed E-state index contributed by atoms with van der Waals surface area (Å²) in [4.78, 5) is 0. The maximum absolute atomic E-state index is 2.68. The van der Waals surface area contributed by atoms with Gasteiger partial charge in [-0.3, -0.25) is 0 Å². The third kappa shape index (κ3) is 5.46. The summed E-state index contributed by atoms with van der Waals surface area (Å²) in [5.41, 5.74) is 13.7. The van der Waals surface area contributed by atoms with E-state index < -0.39 is 22.8 Å². The summed E-state index contributed by atoms with van der Waals surface area (Å²) in [6.45, 7) is 21.8. The number of allylic oxidation sites excluding steroid dienone is 8. The van der Waals surface area contributed by atoms with Crippen molar-refractivity contribution in [2.75, 3.05) is 0 Å². The van der Waals surface area contributed by atoms with Crippen LogP contribution in [-0.4, -0.2) is 3.21 Å². The SMILES string of the molecule is CCC1=CC2=c3c(CC)cc(C(C)(C)C)cc3=[C]([Zr]=[C](c3ccccc3)c3ccccc3)C2=C(C2=CC=CC2)C1(CC)C(C)(C)C. The summed E-state index contributed by atoms with van der Waals surface area (Å²) in [5.74, 6) is 0. The van der Waals surface area contributed by atoms with E-state index in [0.29, 0.717) is 0 Å². The van der Waals surface area contributed by atoms with Crippen molar-refractivity contribution in [3.8, 4) is 0 Å². The van der Waals surface area contributed by atoms with Crippen molar-refractivity contribution in [3.63, 3.8) is 0 Å². The van der Waals surface area contributed by atoms with E-state index in [2.05, 4.69) is 159 Å². The molecular weight excluding hydrogens is 632 g/mol. The fourth-order valence-corrected chi connectivity index (χ4v) is 12.3. The second-order valence-electron chi connectivity index (χ2n) is 15.3. The molecule has 0 N–H and O–H groups in total. The van der Waals surface area contributed by atoms with Gasteiger partial charge in [0.05, 0.1) is 0 Å². The molecule has 1 heteroatoms. The Morgan fingerprint density at radius 3 is 1.91 bits per heavy atom. The van der Waals surface area contributed by atoms with Crippen molar-refractivity contribution < 1.29 is 22.8 Å². The summed E-state index contributed by atoms with van der Waals surface area (Å²) in [6, 6.07) is 27.7. The van der Waals surface area contributed by atoms with Crippen molar-refractivity contribution in [2.45, 2.75) is 93.4 Å². The van der Waals surface area contributed by atoms with Gasteiger partial charge in [0.2, 0.25) is 0 Å². The Kier molecular flexibility index (Phi) is 9.06. The Labute approximate surface area is 289 Å². The van der Waals surface area contributed by atoms with Crippen LogP contribution in [0.2, 0.25) is 0 Å². The normalized spacial score (nSPS) is 19.2. The van der Waals surface area contributed by atoms with Gasteiger partial charge < -0.3 is 0 Å². The number of rotatable bonds is 7. The van der Waals surface area contributed by atoms with Crippen molar-refractivity contribution in [1.82, 2.24) is 0 Å². The minimum atomic E-state index is -1.37. The van der Waals surface area contributed by atoms with Gasteiger partial charge in [0.25, 0.3) is 0 Å². The molecule has 1 unspecified atom stereocenters. The molecule has 0 aliphatic heterocycles. The van der Waals surface area contributed by atoms with E-state index >= 15 is 0 Å². The average molecular weight is 683 g/mol. The molecule has 235 valence electrons. The molecule has 3 aromatic carbocycles. The molecule has 3 aliphatic rings. The standard InChI is InChI=1S/C32H41.C13H10.Zr/c1-10-21-17-25(30(4,5)6)18-23-19-27-26(28(21)23)20-24(11-2)32(12-3,31(7,8)9)29(27)22-15-13-14-16-22;1-3-7-12(8-4-1)11-13-9-5-2-6-10-13;/h13-15,17-18,20H,10-12,16H2,1-9H3;1-10H;. The van der Waals surface area contributed by atoms with Gasteiger partial charge in [-0.1, -0.05) is 0 Å². The second kappa shape index (κ2) is 12.6. The molecule has 1 atom stereocenters. The van der Waals surface area contributed by atoms with Crippen molar-refractivity contribution >= 4 is 12.1 Å². The summed E-state index contributed by atoms with van der Waals surface area (Å²) < 4.78 is 3.24. The van der Waals surface area contributed by atoms with Crippen molar-refractivity contribution in [2.24, 2.45) is 10.8 Å². The molecule has 0 fully saturated rings. The van der Waals surface area contributed by atoms with Gasteiger partial charge in [-0.15, -0.1) is 0 Å². The Morgan fingerprint density at radius 1 is 0.804 bits per heavy atom. The van der Waals surface area contributed by atoms with Gasteiger partial charge in [-0.25, -0.2) is 0 Å². The molecule has 0 spiro atoms. The van der Waals surface area contributed by atoms with Crippen LogP contribution in [0.5, 0.6) is 0 Å². The average Bonchev–Trinajstić information content (AvgIpc) is 3.68. The molecule has 6 rings (SSSR count). The van der Waals surface area contributed by atoms with Gasteiger partial charge in [0, 0.05) is 0 Å². The van der Waals surface area contributed by atoms with Crippen molar-refractivity contribution in [1.29, 1.82) is 0 Å². The monoisotopic (exact) mass is 681 g/mol. The number of hydrogen-bond donors (Lipinski definition) is 0. The fraction of sp³-hybridized carbons (Fsp3) is 0.356. The van der Waals surface area contributed by atoms with Gasteiger partial charge in [-0.05, 0) is 0 Å². The summed E-state index contributed by atoms with van der Waals surface area (Å²) >= 11 is -1.37. The molecule has 0 aromatic heterocycles. The predicted octanol–water partition coefficient (Wildman–Crippen LogP) is 10.1. The zero-order valence-corrected chi connectivity index (χ0v) is 32.0. The number of hydrogen-bond acceptors (Lipinski definition) is 0. The van der Waals surface area contributed by atoms with E-state index in [-0.39, 0.29) is 16.2 Å². The van der Waals surface area contributed by atoms with E-state index in [1.165, 1.54) is 43.8 Å². The quantitative estimate of drug-likeness (QED) is 0.233. The number of fused-ring (bicyclic) bond motifs is 2. The first-order valence-electron chi connectivity index (χ1n) is 17.5. The Hall–Kier alpha value is -2.89. The molecule has 0 saturated carbocycles. The van der Waals surface area contributed by atoms with Crippen LogP contribution in [-0.2, 0) is 34.6 Å². The van der Waals surface area contributed by atoms with E-state index in [1.54, 1.807) is 23.2 Å². The van der Waals surface area contributed by atoms with Crippen LogP contribution >= 0.6 is 0 Å². The minimum absolute atomic E-state index is 0.0238. The van der Waals surface area contributed by atoms with E-state index in [9.17, 15) is 0 Å². The van der Waals surface area contributed by atoms with Gasteiger partial charge in [0.15, 0.2) is 0 Å². The molecule has 0 radical (unpaired) electrons. The number of benzene rings is 3.